The number of aromatic nitrogens is 1. The number of hydrogen-bond acceptors (Lipinski definition) is 6. The van der Waals surface area contributed by atoms with Crippen molar-refractivity contribution in [1.29, 1.82) is 0 Å². The number of amides is 1. The highest BCUT2D eigenvalue weighted by molar-refractivity contribution is 5.94. The quantitative estimate of drug-likeness (QED) is 0.726. The molecule has 2 aromatic rings. The van der Waals surface area contributed by atoms with E-state index in [4.69, 9.17) is 9.47 Å². The molecule has 7 nitrogen and oxygen atoms in total. The molecule has 0 spiro atoms. The Kier molecular flexibility index (Phi) is 6.08. The van der Waals surface area contributed by atoms with Gasteiger partial charge < -0.3 is 14.8 Å². The minimum absolute atomic E-state index is 0.195. The van der Waals surface area contributed by atoms with Crippen molar-refractivity contribution in [2.75, 3.05) is 19.7 Å². The number of hydrogen-bond donors (Lipinski definition) is 1. The van der Waals surface area contributed by atoms with Gasteiger partial charge in [0.05, 0.1) is 18.6 Å². The number of cyclic esters (lactones) is 1. The van der Waals surface area contributed by atoms with Crippen LogP contribution in [0.1, 0.15) is 53.6 Å². The zero-order valence-corrected chi connectivity index (χ0v) is 18.2. The molecule has 5 rings (SSSR count). The molecule has 2 fully saturated rings. The van der Waals surface area contributed by atoms with Gasteiger partial charge in [0.1, 0.15) is 5.75 Å². The number of carbonyl (C=O) groups is 2. The molecule has 7 heteroatoms. The molecule has 1 aromatic carbocycles. The third kappa shape index (κ3) is 4.78. The Hall–Kier alpha value is -2.93. The molecule has 1 aliphatic carbocycles. The largest absolute Gasteiger partial charge is 0.466 e. The van der Waals surface area contributed by atoms with Crippen molar-refractivity contribution < 1.29 is 19.1 Å². The number of pyridine rings is 1. The maximum atomic E-state index is 12.4. The van der Waals surface area contributed by atoms with Crippen LogP contribution in [0.5, 0.6) is 11.6 Å². The van der Waals surface area contributed by atoms with Crippen molar-refractivity contribution >= 4 is 11.9 Å². The monoisotopic (exact) mass is 435 g/mol. The van der Waals surface area contributed by atoms with Gasteiger partial charge in [0.15, 0.2) is 0 Å². The molecule has 3 heterocycles. The number of ether oxygens (including phenoxy) is 2. The minimum Gasteiger partial charge on any atom is -0.466 e. The van der Waals surface area contributed by atoms with Crippen LogP contribution < -0.4 is 10.1 Å². The Bertz CT molecular complexity index is 987. The summed E-state index contributed by atoms with van der Waals surface area (Å²) in [5.41, 5.74) is 3.20. The van der Waals surface area contributed by atoms with E-state index in [-0.39, 0.29) is 24.3 Å². The van der Waals surface area contributed by atoms with Crippen molar-refractivity contribution in [2.45, 2.75) is 57.0 Å². The van der Waals surface area contributed by atoms with Crippen molar-refractivity contribution in [3.8, 4) is 11.6 Å². The average Bonchev–Trinajstić information content (AvgIpc) is 2.96. The van der Waals surface area contributed by atoms with Gasteiger partial charge in [-0.25, -0.2) is 4.98 Å². The van der Waals surface area contributed by atoms with Gasteiger partial charge in [-0.05, 0) is 55.0 Å². The Balaban J connectivity index is 1.19. The maximum Gasteiger partial charge on any atom is 0.307 e. The molecule has 3 aliphatic rings. The van der Waals surface area contributed by atoms with Gasteiger partial charge in [-0.1, -0.05) is 12.5 Å². The van der Waals surface area contributed by atoms with Crippen LogP contribution in [-0.4, -0.2) is 53.5 Å². The predicted octanol–water partition coefficient (Wildman–Crippen LogP) is 3.26. The Morgan fingerprint density at radius 1 is 1.09 bits per heavy atom. The third-order valence-electron chi connectivity index (χ3n) is 6.80. The lowest BCUT2D eigenvalue weighted by molar-refractivity contribution is -0.147. The van der Waals surface area contributed by atoms with E-state index < -0.39 is 0 Å². The van der Waals surface area contributed by atoms with Gasteiger partial charge in [-0.3, -0.25) is 14.5 Å². The summed E-state index contributed by atoms with van der Waals surface area (Å²) in [7, 11) is 0. The molecule has 1 saturated heterocycles. The summed E-state index contributed by atoms with van der Waals surface area (Å²) in [4.78, 5) is 30.8. The van der Waals surface area contributed by atoms with Crippen LogP contribution in [-0.2, 0) is 22.4 Å². The summed E-state index contributed by atoms with van der Waals surface area (Å²) in [6.45, 7) is 2.60. The lowest BCUT2D eigenvalue weighted by Gasteiger charge is -2.36. The summed E-state index contributed by atoms with van der Waals surface area (Å²) in [6, 6.07) is 10.3. The average molecular weight is 436 g/mol. The number of rotatable bonds is 5. The van der Waals surface area contributed by atoms with Crippen LogP contribution in [0.3, 0.4) is 0 Å². The molecular formula is C25H29N3O4. The van der Waals surface area contributed by atoms with Gasteiger partial charge in [-0.2, -0.15) is 0 Å². The first kappa shape index (κ1) is 20.9. The zero-order valence-electron chi connectivity index (χ0n) is 18.2. The normalized spacial score (nSPS) is 21.6. The van der Waals surface area contributed by atoms with E-state index in [1.807, 2.05) is 6.07 Å². The summed E-state index contributed by atoms with van der Waals surface area (Å²) in [6.07, 6.45) is 8.53. The summed E-state index contributed by atoms with van der Waals surface area (Å²) >= 11 is 0. The molecule has 1 atom stereocenters. The maximum absolute atomic E-state index is 12.4. The molecule has 168 valence electrons. The highest BCUT2D eigenvalue weighted by Gasteiger charge is 2.26. The molecular weight excluding hydrogens is 406 g/mol. The summed E-state index contributed by atoms with van der Waals surface area (Å²) in [5, 5.41) is 2.87. The van der Waals surface area contributed by atoms with Crippen LogP contribution >= 0.6 is 0 Å². The Morgan fingerprint density at radius 3 is 2.66 bits per heavy atom. The SMILES string of the molecule is O=C1CC(NC(=O)c2ccc(Oc3ccc4c(c3)CCN(C3CCC3)CC4)nc2)CCO1. The zero-order chi connectivity index (χ0) is 21.9. The van der Waals surface area contributed by atoms with Gasteiger partial charge in [0.25, 0.3) is 5.91 Å². The van der Waals surface area contributed by atoms with E-state index in [0.717, 1.165) is 37.7 Å². The summed E-state index contributed by atoms with van der Waals surface area (Å²) < 4.78 is 10.9. The lowest BCUT2D eigenvalue weighted by Crippen LogP contribution is -2.41. The molecule has 1 saturated carbocycles. The number of carbonyl (C=O) groups excluding carboxylic acids is 2. The molecule has 32 heavy (non-hydrogen) atoms. The van der Waals surface area contributed by atoms with Crippen LogP contribution in [0.2, 0.25) is 0 Å². The van der Waals surface area contributed by atoms with E-state index in [9.17, 15) is 9.59 Å². The van der Waals surface area contributed by atoms with Crippen molar-refractivity contribution in [1.82, 2.24) is 15.2 Å². The predicted molar refractivity (Wildman–Crippen MR) is 119 cm³/mol. The highest BCUT2D eigenvalue weighted by Crippen LogP contribution is 2.29. The second-order valence-electron chi connectivity index (χ2n) is 8.92. The number of benzene rings is 1. The van der Waals surface area contributed by atoms with Gasteiger partial charge in [0, 0.05) is 43.9 Å². The van der Waals surface area contributed by atoms with Crippen LogP contribution in [0.15, 0.2) is 36.5 Å². The van der Waals surface area contributed by atoms with E-state index >= 15 is 0 Å². The molecule has 1 unspecified atom stereocenters. The molecule has 0 bridgehead atoms. The van der Waals surface area contributed by atoms with Crippen molar-refractivity contribution in [3.05, 3.63) is 53.2 Å². The Labute approximate surface area is 188 Å². The van der Waals surface area contributed by atoms with Crippen LogP contribution in [0.4, 0.5) is 0 Å². The van der Waals surface area contributed by atoms with Gasteiger partial charge in [0.2, 0.25) is 5.88 Å². The highest BCUT2D eigenvalue weighted by atomic mass is 16.5. The fourth-order valence-electron chi connectivity index (χ4n) is 4.66. The minimum atomic E-state index is -0.278. The molecule has 2 aliphatic heterocycles. The van der Waals surface area contributed by atoms with Gasteiger partial charge >= 0.3 is 5.97 Å². The van der Waals surface area contributed by atoms with Crippen LogP contribution in [0.25, 0.3) is 0 Å². The fraction of sp³-hybridized carbons (Fsp3) is 0.480. The number of nitrogens with one attached hydrogen (secondary N) is 1. The van der Waals surface area contributed by atoms with E-state index in [0.29, 0.717) is 24.5 Å². The first-order chi connectivity index (χ1) is 15.6. The number of fused-ring (bicyclic) bond motifs is 1. The fourth-order valence-corrected chi connectivity index (χ4v) is 4.66. The second kappa shape index (κ2) is 9.28. The van der Waals surface area contributed by atoms with Crippen molar-refractivity contribution in [2.24, 2.45) is 0 Å². The van der Waals surface area contributed by atoms with E-state index in [2.05, 4.69) is 27.3 Å². The van der Waals surface area contributed by atoms with Gasteiger partial charge in [-0.15, -0.1) is 0 Å². The first-order valence-corrected chi connectivity index (χ1v) is 11.6. The third-order valence-corrected chi connectivity index (χ3v) is 6.80. The second-order valence-corrected chi connectivity index (χ2v) is 8.92. The van der Waals surface area contributed by atoms with E-state index in [1.165, 1.54) is 36.6 Å². The Morgan fingerprint density at radius 2 is 1.94 bits per heavy atom. The summed E-state index contributed by atoms with van der Waals surface area (Å²) in [5.74, 6) is 0.698. The molecule has 1 N–H and O–H groups in total. The smallest absolute Gasteiger partial charge is 0.307 e. The van der Waals surface area contributed by atoms with Crippen LogP contribution in [0, 0.1) is 0 Å². The topological polar surface area (TPSA) is 80.8 Å². The lowest BCUT2D eigenvalue weighted by atomic mass is 9.91. The molecule has 1 amide bonds. The molecule has 0 radical (unpaired) electrons. The van der Waals surface area contributed by atoms with E-state index in [1.54, 1.807) is 12.1 Å². The molecule has 1 aromatic heterocycles. The number of esters is 1. The number of nitrogens with zero attached hydrogens (tertiary/aromatic N) is 2. The van der Waals surface area contributed by atoms with Crippen molar-refractivity contribution in [3.63, 3.8) is 0 Å². The first-order valence-electron chi connectivity index (χ1n) is 11.6. The standard InChI is InChI=1S/C25H29N3O4/c29-24-15-20(10-13-31-24)27-25(30)19-5-7-23(26-16-19)32-22-6-4-17-8-11-28(21-2-1-3-21)12-9-18(17)14-22/h4-7,14,16,20-21H,1-3,8-13,15H2,(H,27,30).